The first kappa shape index (κ1) is 15.7. The fraction of sp³-hybridized carbons (Fsp3) is 0.867. The largest absolute Gasteiger partial charge is 0.481 e. The highest BCUT2D eigenvalue weighted by atomic mass is 32.2. The highest BCUT2D eigenvalue weighted by Crippen LogP contribution is 2.38. The summed E-state index contributed by atoms with van der Waals surface area (Å²) in [7, 11) is 0. The normalized spacial score (nSPS) is 33.9. The fourth-order valence-corrected chi connectivity index (χ4v) is 4.59. The van der Waals surface area contributed by atoms with Crippen LogP contribution >= 0.6 is 11.8 Å². The van der Waals surface area contributed by atoms with Crippen LogP contribution in [0.1, 0.15) is 45.4 Å². The van der Waals surface area contributed by atoms with Crippen molar-refractivity contribution >= 4 is 23.6 Å². The summed E-state index contributed by atoms with van der Waals surface area (Å²) in [5.74, 6) is -0.104. The van der Waals surface area contributed by atoms with Crippen molar-refractivity contribution in [2.75, 3.05) is 12.3 Å². The Labute approximate surface area is 125 Å². The molecule has 2 rings (SSSR count). The third-order valence-corrected chi connectivity index (χ3v) is 6.07. The molecule has 0 bridgehead atoms. The summed E-state index contributed by atoms with van der Waals surface area (Å²) in [5.41, 5.74) is 0. The van der Waals surface area contributed by atoms with Crippen LogP contribution < -0.4 is 5.32 Å². The average Bonchev–Trinajstić information content (AvgIpc) is 2.90. The molecule has 1 aliphatic carbocycles. The molecule has 0 radical (unpaired) electrons. The van der Waals surface area contributed by atoms with Crippen LogP contribution in [-0.4, -0.2) is 34.5 Å². The number of aliphatic carboxylic acids is 1. The van der Waals surface area contributed by atoms with Gasteiger partial charge in [0.2, 0.25) is 5.91 Å². The lowest BCUT2D eigenvalue weighted by Crippen LogP contribution is -2.39. The van der Waals surface area contributed by atoms with Gasteiger partial charge in [0.25, 0.3) is 0 Å². The van der Waals surface area contributed by atoms with Gasteiger partial charge in [0.05, 0.1) is 11.8 Å². The predicted octanol–water partition coefficient (Wildman–Crippen LogP) is 2.53. The molecule has 0 aromatic carbocycles. The number of hydrogen-bond donors (Lipinski definition) is 2. The minimum atomic E-state index is -0.812. The van der Waals surface area contributed by atoms with Gasteiger partial charge in [-0.2, -0.15) is 11.8 Å². The Morgan fingerprint density at radius 2 is 2.00 bits per heavy atom. The third kappa shape index (κ3) is 3.90. The van der Waals surface area contributed by atoms with E-state index in [4.69, 9.17) is 0 Å². The predicted molar refractivity (Wildman–Crippen MR) is 80.7 cm³/mol. The van der Waals surface area contributed by atoms with Crippen LogP contribution in [0.5, 0.6) is 0 Å². The van der Waals surface area contributed by atoms with E-state index >= 15 is 0 Å². The van der Waals surface area contributed by atoms with Crippen molar-refractivity contribution in [2.24, 2.45) is 17.8 Å². The fourth-order valence-electron chi connectivity index (χ4n) is 3.35. The number of carboxylic acid groups (broad SMARTS) is 1. The van der Waals surface area contributed by atoms with Gasteiger partial charge in [-0.1, -0.05) is 19.8 Å². The van der Waals surface area contributed by atoms with Gasteiger partial charge in [0, 0.05) is 11.8 Å². The zero-order chi connectivity index (χ0) is 14.5. The van der Waals surface area contributed by atoms with Crippen molar-refractivity contribution in [1.82, 2.24) is 5.32 Å². The van der Waals surface area contributed by atoms with Crippen molar-refractivity contribution < 1.29 is 14.7 Å². The van der Waals surface area contributed by atoms with Crippen molar-refractivity contribution in [3.63, 3.8) is 0 Å². The Morgan fingerprint density at radius 1 is 1.25 bits per heavy atom. The Kier molecular flexibility index (Phi) is 5.75. The molecule has 1 saturated heterocycles. The maximum Gasteiger partial charge on any atom is 0.307 e. The molecule has 0 spiro atoms. The summed E-state index contributed by atoms with van der Waals surface area (Å²) in [6.07, 6.45) is 6.03. The lowest BCUT2D eigenvalue weighted by Gasteiger charge is -2.23. The van der Waals surface area contributed by atoms with E-state index in [0.717, 1.165) is 19.3 Å². The first-order chi connectivity index (χ1) is 9.61. The second-order valence-electron chi connectivity index (χ2n) is 6.03. The number of nitrogens with one attached hydrogen (secondary N) is 1. The van der Waals surface area contributed by atoms with E-state index < -0.39 is 11.9 Å². The number of amides is 1. The van der Waals surface area contributed by atoms with Gasteiger partial charge in [-0.15, -0.1) is 0 Å². The molecule has 0 aromatic rings. The topological polar surface area (TPSA) is 66.4 Å². The number of rotatable bonds is 5. The number of carbonyl (C=O) groups excluding carboxylic acids is 1. The van der Waals surface area contributed by atoms with Crippen LogP contribution in [0.15, 0.2) is 0 Å². The molecule has 2 N–H and O–H groups in total. The first-order valence-corrected chi connectivity index (χ1v) is 8.78. The van der Waals surface area contributed by atoms with Crippen molar-refractivity contribution in [2.45, 2.75) is 50.7 Å². The highest BCUT2D eigenvalue weighted by Gasteiger charge is 2.42. The van der Waals surface area contributed by atoms with Crippen LogP contribution in [0, 0.1) is 17.8 Å². The van der Waals surface area contributed by atoms with E-state index in [0.29, 0.717) is 24.1 Å². The Hall–Kier alpha value is -0.710. The minimum Gasteiger partial charge on any atom is -0.481 e. The second-order valence-corrected chi connectivity index (χ2v) is 7.44. The number of thioether (sulfide) groups is 1. The zero-order valence-corrected chi connectivity index (χ0v) is 13.0. The SMILES string of the molecule is CCC1C[C@H](C(=O)NCC2CCCCS2)[C@H](C(=O)O)C1. The molecule has 1 saturated carbocycles. The molecule has 4 nitrogen and oxygen atoms in total. The number of carboxylic acids is 1. The molecule has 1 amide bonds. The molecule has 2 fully saturated rings. The first-order valence-electron chi connectivity index (χ1n) is 7.74. The monoisotopic (exact) mass is 299 g/mol. The maximum atomic E-state index is 12.3. The summed E-state index contributed by atoms with van der Waals surface area (Å²) >= 11 is 1.93. The van der Waals surface area contributed by atoms with Gasteiger partial charge < -0.3 is 10.4 Å². The Bertz CT molecular complexity index is 355. The van der Waals surface area contributed by atoms with E-state index in [9.17, 15) is 14.7 Å². The lowest BCUT2D eigenvalue weighted by atomic mass is 9.95. The smallest absolute Gasteiger partial charge is 0.307 e. The average molecular weight is 299 g/mol. The molecule has 2 aliphatic rings. The molecule has 1 aliphatic heterocycles. The molecule has 1 heterocycles. The summed E-state index contributed by atoms with van der Waals surface area (Å²) < 4.78 is 0. The van der Waals surface area contributed by atoms with Crippen molar-refractivity contribution in [3.8, 4) is 0 Å². The molecule has 114 valence electrons. The van der Waals surface area contributed by atoms with Gasteiger partial charge >= 0.3 is 5.97 Å². The van der Waals surface area contributed by atoms with Gasteiger partial charge in [0.15, 0.2) is 0 Å². The third-order valence-electron chi connectivity index (χ3n) is 4.67. The number of carbonyl (C=O) groups is 2. The molecule has 5 heteroatoms. The van der Waals surface area contributed by atoms with Crippen molar-refractivity contribution in [3.05, 3.63) is 0 Å². The molecule has 4 atom stereocenters. The van der Waals surface area contributed by atoms with Crippen LogP contribution in [0.3, 0.4) is 0 Å². The van der Waals surface area contributed by atoms with Crippen LogP contribution in [0.4, 0.5) is 0 Å². The number of hydrogen-bond acceptors (Lipinski definition) is 3. The summed E-state index contributed by atoms with van der Waals surface area (Å²) in [5, 5.41) is 12.8. The Balaban J connectivity index is 1.85. The minimum absolute atomic E-state index is 0.0421. The maximum absolute atomic E-state index is 12.3. The summed E-state index contributed by atoms with van der Waals surface area (Å²) in [6, 6.07) is 0. The van der Waals surface area contributed by atoms with Gasteiger partial charge in [-0.05, 0) is 37.4 Å². The second kappa shape index (κ2) is 7.34. The standard InChI is InChI=1S/C15H25NO3S/c1-2-10-7-12(13(8-10)15(18)19)14(17)16-9-11-5-3-4-6-20-11/h10-13H,2-9H2,1H3,(H,16,17)(H,18,19)/t10?,11?,12-,13+/m0/s1. The van der Waals surface area contributed by atoms with Crippen LogP contribution in [0.25, 0.3) is 0 Å². The van der Waals surface area contributed by atoms with Gasteiger partial charge in [0.1, 0.15) is 0 Å². The molecular weight excluding hydrogens is 274 g/mol. The van der Waals surface area contributed by atoms with E-state index in [1.165, 1.54) is 18.6 Å². The van der Waals surface area contributed by atoms with Crippen molar-refractivity contribution in [1.29, 1.82) is 0 Å². The zero-order valence-electron chi connectivity index (χ0n) is 12.1. The quantitative estimate of drug-likeness (QED) is 0.818. The summed E-state index contributed by atoms with van der Waals surface area (Å²) in [6.45, 7) is 2.77. The molecule has 0 aromatic heterocycles. The van der Waals surface area contributed by atoms with Gasteiger partial charge in [-0.25, -0.2) is 0 Å². The molecule has 20 heavy (non-hydrogen) atoms. The molecule has 2 unspecified atom stereocenters. The highest BCUT2D eigenvalue weighted by molar-refractivity contribution is 7.99. The van der Waals surface area contributed by atoms with E-state index in [1.807, 2.05) is 11.8 Å². The Morgan fingerprint density at radius 3 is 2.60 bits per heavy atom. The molecular formula is C15H25NO3S. The van der Waals surface area contributed by atoms with Crippen LogP contribution in [0.2, 0.25) is 0 Å². The van der Waals surface area contributed by atoms with E-state index in [-0.39, 0.29) is 11.8 Å². The summed E-state index contributed by atoms with van der Waals surface area (Å²) in [4.78, 5) is 23.6. The van der Waals surface area contributed by atoms with Crippen LogP contribution in [-0.2, 0) is 9.59 Å². The van der Waals surface area contributed by atoms with Gasteiger partial charge in [-0.3, -0.25) is 9.59 Å². The van der Waals surface area contributed by atoms with E-state index in [2.05, 4.69) is 12.2 Å². The lowest BCUT2D eigenvalue weighted by molar-refractivity contribution is -0.146. The van der Waals surface area contributed by atoms with E-state index in [1.54, 1.807) is 0 Å².